The normalized spacial score (nSPS) is 15.1. The summed E-state index contributed by atoms with van der Waals surface area (Å²) in [6.07, 6.45) is 3.65. The highest BCUT2D eigenvalue weighted by Crippen LogP contribution is 2.30. The Labute approximate surface area is 91.6 Å². The Morgan fingerprint density at radius 3 is 3.20 bits per heavy atom. The zero-order chi connectivity index (χ0) is 10.1. The van der Waals surface area contributed by atoms with Crippen molar-refractivity contribution in [3.63, 3.8) is 0 Å². The van der Waals surface area contributed by atoms with Gasteiger partial charge in [0.2, 0.25) is 0 Å². The predicted octanol–water partition coefficient (Wildman–Crippen LogP) is 1.74. The molecule has 0 aliphatic carbocycles. The van der Waals surface area contributed by atoms with Crippen molar-refractivity contribution in [3.8, 4) is 0 Å². The fourth-order valence-electron chi connectivity index (χ4n) is 1.70. The molecule has 76 valence electrons. The van der Waals surface area contributed by atoms with Crippen molar-refractivity contribution in [1.29, 1.82) is 0 Å². The Morgan fingerprint density at radius 1 is 1.33 bits per heavy atom. The minimum Gasteiger partial charge on any atom is -0.303 e. The van der Waals surface area contributed by atoms with Gasteiger partial charge in [0, 0.05) is 24.3 Å². The summed E-state index contributed by atoms with van der Waals surface area (Å²) in [6.45, 7) is 1.63. The highest BCUT2D eigenvalue weighted by atomic mass is 32.1. The summed E-state index contributed by atoms with van der Waals surface area (Å²) in [6, 6.07) is 4.05. The van der Waals surface area contributed by atoms with E-state index >= 15 is 0 Å². The first-order valence-electron chi connectivity index (χ1n) is 4.77. The zero-order valence-corrected chi connectivity index (χ0v) is 8.87. The number of fused-ring (bicyclic) bond motifs is 1. The van der Waals surface area contributed by atoms with E-state index in [1.807, 2.05) is 23.8 Å². The largest absolute Gasteiger partial charge is 0.303 e. The monoisotopic (exact) mass is 218 g/mol. The molecular formula is C10H10N4S. The van der Waals surface area contributed by atoms with Crippen LogP contribution < -0.4 is 10.2 Å². The van der Waals surface area contributed by atoms with E-state index in [4.69, 9.17) is 0 Å². The first-order chi connectivity index (χ1) is 7.45. The van der Waals surface area contributed by atoms with Crippen LogP contribution >= 0.6 is 11.3 Å². The molecule has 0 spiro atoms. The van der Waals surface area contributed by atoms with Crippen molar-refractivity contribution >= 4 is 22.2 Å². The second-order valence-corrected chi connectivity index (χ2v) is 4.17. The van der Waals surface area contributed by atoms with Gasteiger partial charge in [-0.25, -0.2) is 4.98 Å². The summed E-state index contributed by atoms with van der Waals surface area (Å²) in [5.74, 6) is 0. The van der Waals surface area contributed by atoms with Crippen LogP contribution in [0.4, 0.5) is 10.8 Å². The van der Waals surface area contributed by atoms with Crippen molar-refractivity contribution in [2.24, 2.45) is 0 Å². The number of hydrogen-bond acceptors (Lipinski definition) is 5. The van der Waals surface area contributed by atoms with Crippen molar-refractivity contribution < 1.29 is 0 Å². The molecule has 5 heteroatoms. The Balaban J connectivity index is 2.06. The minimum atomic E-state index is 0.798. The van der Waals surface area contributed by atoms with Crippen LogP contribution in [0.15, 0.2) is 29.9 Å². The highest BCUT2D eigenvalue weighted by Gasteiger charge is 2.19. The molecule has 0 amide bonds. The minimum absolute atomic E-state index is 0.798. The lowest BCUT2D eigenvalue weighted by Gasteiger charge is -2.28. The maximum atomic E-state index is 4.35. The number of nitrogens with zero attached hydrogens (tertiary/aromatic N) is 3. The third kappa shape index (κ3) is 1.49. The van der Waals surface area contributed by atoms with Gasteiger partial charge in [0.25, 0.3) is 0 Å². The van der Waals surface area contributed by atoms with Crippen LogP contribution in [0.5, 0.6) is 0 Å². The number of aromatic nitrogens is 2. The topological polar surface area (TPSA) is 41.1 Å². The summed E-state index contributed by atoms with van der Waals surface area (Å²) in [5, 5.41) is 6.31. The average Bonchev–Trinajstić information content (AvgIpc) is 2.82. The maximum absolute atomic E-state index is 4.35. The van der Waals surface area contributed by atoms with Gasteiger partial charge in [0.15, 0.2) is 5.13 Å². The molecule has 0 radical (unpaired) electrons. The Bertz CT molecular complexity index is 454. The van der Waals surface area contributed by atoms with E-state index in [1.165, 1.54) is 0 Å². The van der Waals surface area contributed by atoms with E-state index in [9.17, 15) is 0 Å². The van der Waals surface area contributed by atoms with Crippen molar-refractivity contribution in [1.82, 2.24) is 15.3 Å². The first kappa shape index (κ1) is 8.82. The van der Waals surface area contributed by atoms with Gasteiger partial charge in [0.05, 0.1) is 18.1 Å². The lowest BCUT2D eigenvalue weighted by molar-refractivity contribution is 0.646. The number of rotatable bonds is 1. The van der Waals surface area contributed by atoms with Gasteiger partial charge in [-0.1, -0.05) is 0 Å². The summed E-state index contributed by atoms with van der Waals surface area (Å²) in [4.78, 5) is 10.8. The van der Waals surface area contributed by atoms with Crippen LogP contribution in [0, 0.1) is 0 Å². The molecule has 1 aliphatic rings. The quantitative estimate of drug-likeness (QED) is 0.791. The summed E-state index contributed by atoms with van der Waals surface area (Å²) >= 11 is 1.64. The van der Waals surface area contributed by atoms with E-state index in [0.29, 0.717) is 0 Å². The summed E-state index contributed by atoms with van der Waals surface area (Å²) in [5.41, 5.74) is 2.24. The molecular weight excluding hydrogens is 208 g/mol. The summed E-state index contributed by atoms with van der Waals surface area (Å²) < 4.78 is 0. The van der Waals surface area contributed by atoms with Crippen molar-refractivity contribution in [3.05, 3.63) is 35.6 Å². The fourth-order valence-corrected chi connectivity index (χ4v) is 2.36. The van der Waals surface area contributed by atoms with Gasteiger partial charge in [-0.15, -0.1) is 11.3 Å². The maximum Gasteiger partial charge on any atom is 0.190 e. The molecule has 0 atom stereocenters. The van der Waals surface area contributed by atoms with Gasteiger partial charge in [0.1, 0.15) is 0 Å². The molecule has 2 aromatic rings. The van der Waals surface area contributed by atoms with Crippen LogP contribution in [0.25, 0.3) is 0 Å². The summed E-state index contributed by atoms with van der Waals surface area (Å²) in [7, 11) is 0. The van der Waals surface area contributed by atoms with E-state index in [2.05, 4.69) is 26.3 Å². The third-order valence-electron chi connectivity index (χ3n) is 2.37. The molecule has 0 saturated carbocycles. The molecule has 0 fully saturated rings. The molecule has 4 nitrogen and oxygen atoms in total. The zero-order valence-electron chi connectivity index (χ0n) is 8.05. The molecule has 1 aliphatic heterocycles. The second kappa shape index (κ2) is 3.60. The third-order valence-corrected chi connectivity index (χ3v) is 3.16. The second-order valence-electron chi connectivity index (χ2n) is 3.30. The van der Waals surface area contributed by atoms with Crippen LogP contribution in [0.2, 0.25) is 0 Å². The van der Waals surface area contributed by atoms with Crippen molar-refractivity contribution in [2.45, 2.75) is 6.54 Å². The number of hydrogen-bond donors (Lipinski definition) is 1. The van der Waals surface area contributed by atoms with Crippen LogP contribution in [0.3, 0.4) is 0 Å². The number of nitrogens with one attached hydrogen (secondary N) is 1. The Kier molecular flexibility index (Phi) is 2.12. The predicted molar refractivity (Wildman–Crippen MR) is 60.2 cm³/mol. The fraction of sp³-hybridized carbons (Fsp3) is 0.200. The number of anilines is 2. The van der Waals surface area contributed by atoms with Gasteiger partial charge in [-0.2, -0.15) is 0 Å². The van der Waals surface area contributed by atoms with E-state index in [0.717, 1.165) is 29.7 Å². The van der Waals surface area contributed by atoms with Crippen LogP contribution in [-0.4, -0.2) is 16.6 Å². The lowest BCUT2D eigenvalue weighted by Crippen LogP contribution is -2.36. The Hall–Kier alpha value is -1.46. The highest BCUT2D eigenvalue weighted by molar-refractivity contribution is 7.13. The van der Waals surface area contributed by atoms with Gasteiger partial charge < -0.3 is 4.90 Å². The van der Waals surface area contributed by atoms with Crippen molar-refractivity contribution in [2.75, 3.05) is 11.6 Å². The van der Waals surface area contributed by atoms with Crippen LogP contribution in [-0.2, 0) is 6.54 Å². The van der Waals surface area contributed by atoms with E-state index in [1.54, 1.807) is 11.3 Å². The number of thiazole rings is 1. The van der Waals surface area contributed by atoms with E-state index in [-0.39, 0.29) is 0 Å². The van der Waals surface area contributed by atoms with Gasteiger partial charge in [-0.3, -0.25) is 10.3 Å². The molecule has 0 saturated heterocycles. The van der Waals surface area contributed by atoms with E-state index < -0.39 is 0 Å². The van der Waals surface area contributed by atoms with Gasteiger partial charge >= 0.3 is 0 Å². The smallest absolute Gasteiger partial charge is 0.190 e. The molecule has 0 unspecified atom stereocenters. The molecule has 1 N–H and O–H groups in total. The van der Waals surface area contributed by atoms with Gasteiger partial charge in [-0.05, 0) is 12.1 Å². The first-order valence-corrected chi connectivity index (χ1v) is 5.65. The lowest BCUT2D eigenvalue weighted by atomic mass is 10.2. The standard InChI is InChI=1S/C10H10N4S/c1-2-9-8(12-3-1)6-11-7-14(9)10-13-4-5-15-10/h1-5,11H,6-7H2. The van der Waals surface area contributed by atoms with Crippen LogP contribution in [0.1, 0.15) is 5.69 Å². The molecule has 15 heavy (non-hydrogen) atoms. The number of pyridine rings is 1. The molecule has 0 bridgehead atoms. The molecule has 0 aromatic carbocycles. The Morgan fingerprint density at radius 2 is 2.33 bits per heavy atom. The SMILES string of the molecule is c1cnc2c(c1)N(c1nccs1)CNC2. The molecule has 2 aromatic heterocycles. The molecule has 3 heterocycles. The molecule has 3 rings (SSSR count). The average molecular weight is 218 g/mol.